The van der Waals surface area contributed by atoms with Crippen LogP contribution in [0, 0.1) is 0 Å². The van der Waals surface area contributed by atoms with Gasteiger partial charge >= 0.3 is 0 Å². The Kier molecular flexibility index (Phi) is 1.60. The fourth-order valence-corrected chi connectivity index (χ4v) is 1.03. The van der Waals surface area contributed by atoms with Crippen LogP contribution in [0.2, 0.25) is 0 Å². The van der Waals surface area contributed by atoms with Crippen molar-refractivity contribution >= 4 is 0 Å². The molecule has 0 aliphatic carbocycles. The summed E-state index contributed by atoms with van der Waals surface area (Å²) in [4.78, 5) is 2.18. The molecule has 0 radical (unpaired) electrons. The molecule has 1 N–H and O–H groups in total. The topological polar surface area (TPSA) is 15.3 Å². The third-order valence-electron chi connectivity index (χ3n) is 1.81. The van der Waals surface area contributed by atoms with Gasteiger partial charge < -0.3 is 5.32 Å². The maximum atomic E-state index is 7.54. The highest BCUT2D eigenvalue weighted by molar-refractivity contribution is 4.79. The van der Waals surface area contributed by atoms with Crippen LogP contribution in [0.5, 0.6) is 0 Å². The van der Waals surface area contributed by atoms with E-state index in [1.54, 1.807) is 0 Å². The van der Waals surface area contributed by atoms with Crippen LogP contribution in [-0.2, 0) is 0 Å². The highest BCUT2D eigenvalue weighted by atomic mass is 15.2. The Bertz CT molecular complexity index is 146. The summed E-state index contributed by atoms with van der Waals surface area (Å²) in [6, 6.07) is 0. The molecule has 0 aromatic rings. The molecule has 0 spiro atoms. The fourth-order valence-electron chi connectivity index (χ4n) is 1.03. The lowest BCUT2D eigenvalue weighted by Crippen LogP contribution is -2.51. The summed E-state index contributed by atoms with van der Waals surface area (Å²) in [6.07, 6.45) is 0. The molecule has 0 bridgehead atoms. The summed E-state index contributed by atoms with van der Waals surface area (Å²) in [5.41, 5.74) is 0.0840. The smallest absolute Gasteiger partial charge is 0.0441 e. The SMILES string of the molecule is [2H]C1CN(C(C)(C)C)CC([2H])N1. The molecule has 0 saturated carbocycles. The minimum Gasteiger partial charge on any atom is -0.314 e. The van der Waals surface area contributed by atoms with E-state index < -0.39 is 0 Å². The second kappa shape index (κ2) is 2.89. The largest absolute Gasteiger partial charge is 0.314 e. The zero-order valence-electron chi connectivity index (χ0n) is 9.02. The van der Waals surface area contributed by atoms with Crippen LogP contribution in [0.15, 0.2) is 0 Å². The van der Waals surface area contributed by atoms with Crippen molar-refractivity contribution in [1.82, 2.24) is 10.2 Å². The molecule has 1 heterocycles. The van der Waals surface area contributed by atoms with Crippen molar-refractivity contribution in [3.63, 3.8) is 0 Å². The van der Waals surface area contributed by atoms with Crippen molar-refractivity contribution in [2.75, 3.05) is 26.1 Å². The normalized spacial score (nSPS) is 40.7. The molecule has 2 atom stereocenters. The zero-order valence-corrected chi connectivity index (χ0v) is 7.02. The van der Waals surface area contributed by atoms with Gasteiger partial charge in [-0.15, -0.1) is 0 Å². The van der Waals surface area contributed by atoms with Gasteiger partial charge in [-0.25, -0.2) is 0 Å². The summed E-state index contributed by atoms with van der Waals surface area (Å²) >= 11 is 0. The average molecular weight is 144 g/mol. The van der Waals surface area contributed by atoms with Gasteiger partial charge in [0.05, 0.1) is 0 Å². The minimum atomic E-state index is -0.305. The summed E-state index contributed by atoms with van der Waals surface area (Å²) in [7, 11) is 0. The van der Waals surface area contributed by atoms with Crippen LogP contribution in [0.3, 0.4) is 0 Å². The molecular weight excluding hydrogens is 124 g/mol. The van der Waals surface area contributed by atoms with E-state index in [2.05, 4.69) is 31.0 Å². The first-order valence-electron chi connectivity index (χ1n) is 4.90. The lowest BCUT2D eigenvalue weighted by atomic mass is 10.1. The fraction of sp³-hybridized carbons (Fsp3) is 1.00. The standard InChI is InChI=1S/C8H18N2/c1-8(2,3)10-6-4-9-5-7-10/h9H,4-7H2,1-3H3/i4D,5D. The van der Waals surface area contributed by atoms with Gasteiger partial charge in [0.15, 0.2) is 0 Å². The van der Waals surface area contributed by atoms with Gasteiger partial charge in [0.2, 0.25) is 0 Å². The van der Waals surface area contributed by atoms with Crippen LogP contribution in [0.1, 0.15) is 23.5 Å². The van der Waals surface area contributed by atoms with Crippen molar-refractivity contribution < 1.29 is 2.74 Å². The quantitative estimate of drug-likeness (QED) is 0.538. The van der Waals surface area contributed by atoms with Crippen LogP contribution in [0.25, 0.3) is 0 Å². The number of hydrogen-bond acceptors (Lipinski definition) is 2. The third kappa shape index (κ3) is 1.96. The van der Waals surface area contributed by atoms with Crippen molar-refractivity contribution in [1.29, 1.82) is 0 Å². The molecule has 1 aliphatic heterocycles. The van der Waals surface area contributed by atoms with Crippen molar-refractivity contribution in [3.8, 4) is 0 Å². The Morgan fingerprint density at radius 2 is 1.80 bits per heavy atom. The number of piperazine rings is 1. The van der Waals surface area contributed by atoms with E-state index in [4.69, 9.17) is 2.74 Å². The van der Waals surface area contributed by atoms with Crippen LogP contribution < -0.4 is 5.32 Å². The van der Waals surface area contributed by atoms with E-state index in [1.807, 2.05) is 0 Å². The molecule has 1 rings (SSSR count). The Labute approximate surface area is 66.4 Å². The van der Waals surface area contributed by atoms with Gasteiger partial charge in [-0.05, 0) is 20.8 Å². The molecular formula is C8H18N2. The first-order chi connectivity index (χ1) is 5.39. The maximum absolute atomic E-state index is 7.54. The number of rotatable bonds is 0. The summed E-state index contributed by atoms with van der Waals surface area (Å²) in [5.74, 6) is 0. The Hall–Kier alpha value is -0.0800. The lowest BCUT2D eigenvalue weighted by Gasteiger charge is -2.38. The molecule has 2 heteroatoms. The van der Waals surface area contributed by atoms with Gasteiger partial charge in [-0.3, -0.25) is 4.90 Å². The van der Waals surface area contributed by atoms with Crippen molar-refractivity contribution in [2.24, 2.45) is 0 Å². The van der Waals surface area contributed by atoms with Gasteiger partial charge in [0.1, 0.15) is 0 Å². The molecule has 0 aromatic heterocycles. The molecule has 0 amide bonds. The van der Waals surface area contributed by atoms with E-state index in [9.17, 15) is 0 Å². The number of nitrogens with zero attached hydrogens (tertiary/aromatic N) is 1. The van der Waals surface area contributed by atoms with Gasteiger partial charge in [0, 0.05) is 34.4 Å². The van der Waals surface area contributed by atoms with Crippen LogP contribution >= 0.6 is 0 Å². The summed E-state index contributed by atoms with van der Waals surface area (Å²) in [5, 5.41) is 2.87. The molecule has 1 fully saturated rings. The predicted octanol–water partition coefficient (Wildman–Crippen LogP) is 0.690. The summed E-state index contributed by atoms with van der Waals surface area (Å²) < 4.78 is 15.1. The van der Waals surface area contributed by atoms with Crippen molar-refractivity contribution in [3.05, 3.63) is 0 Å². The monoisotopic (exact) mass is 144 g/mol. The second-order valence-corrected chi connectivity index (χ2v) is 3.65. The molecule has 60 valence electrons. The first-order valence-corrected chi connectivity index (χ1v) is 3.75. The van der Waals surface area contributed by atoms with E-state index in [1.165, 1.54) is 0 Å². The Morgan fingerprint density at radius 1 is 1.30 bits per heavy atom. The van der Waals surface area contributed by atoms with Gasteiger partial charge in [0.25, 0.3) is 0 Å². The van der Waals surface area contributed by atoms with E-state index in [0.717, 1.165) is 13.1 Å². The van der Waals surface area contributed by atoms with Crippen molar-refractivity contribution in [2.45, 2.75) is 26.3 Å². The molecule has 1 saturated heterocycles. The number of hydrogen-bond donors (Lipinski definition) is 1. The molecule has 2 unspecified atom stereocenters. The predicted molar refractivity (Wildman–Crippen MR) is 44.2 cm³/mol. The second-order valence-electron chi connectivity index (χ2n) is 3.65. The number of nitrogens with one attached hydrogen (secondary N) is 1. The van der Waals surface area contributed by atoms with Crippen LogP contribution in [-0.4, -0.2) is 36.6 Å². The first kappa shape index (κ1) is 5.56. The minimum absolute atomic E-state index is 0.0840. The van der Waals surface area contributed by atoms with E-state index >= 15 is 0 Å². The third-order valence-corrected chi connectivity index (χ3v) is 1.81. The molecule has 10 heavy (non-hydrogen) atoms. The Balaban J connectivity index is 2.55. The van der Waals surface area contributed by atoms with Crippen LogP contribution in [0.4, 0.5) is 0 Å². The maximum Gasteiger partial charge on any atom is 0.0441 e. The lowest BCUT2D eigenvalue weighted by molar-refractivity contribution is 0.119. The molecule has 2 nitrogen and oxygen atoms in total. The highest BCUT2D eigenvalue weighted by Crippen LogP contribution is 2.12. The zero-order chi connectivity index (χ0) is 9.35. The molecule has 0 aromatic carbocycles. The van der Waals surface area contributed by atoms with E-state index in [-0.39, 0.29) is 18.6 Å². The molecule has 1 aliphatic rings. The van der Waals surface area contributed by atoms with Gasteiger partial charge in [-0.1, -0.05) is 0 Å². The van der Waals surface area contributed by atoms with E-state index in [0.29, 0.717) is 0 Å². The summed E-state index contributed by atoms with van der Waals surface area (Å²) in [6.45, 7) is 7.20. The average Bonchev–Trinajstić information content (AvgIpc) is 1.82. The van der Waals surface area contributed by atoms with Gasteiger partial charge in [-0.2, -0.15) is 0 Å². The Morgan fingerprint density at radius 3 is 2.20 bits per heavy atom. The highest BCUT2D eigenvalue weighted by Gasteiger charge is 2.21.